The van der Waals surface area contributed by atoms with Crippen molar-refractivity contribution in [2.75, 3.05) is 19.3 Å². The Kier molecular flexibility index (Phi) is 6.86. The summed E-state index contributed by atoms with van der Waals surface area (Å²) in [6, 6.07) is 13.1. The summed E-state index contributed by atoms with van der Waals surface area (Å²) in [6.07, 6.45) is 3.99. The van der Waals surface area contributed by atoms with E-state index in [0.717, 1.165) is 25.5 Å². The Balaban J connectivity index is 1.82. The maximum atomic E-state index is 13.4. The molecular formula is C24H31NO4S. The monoisotopic (exact) mass is 429 g/mol. The average molecular weight is 430 g/mol. The van der Waals surface area contributed by atoms with Crippen molar-refractivity contribution in [2.24, 2.45) is 5.92 Å². The van der Waals surface area contributed by atoms with Crippen LogP contribution in [0.3, 0.4) is 0 Å². The van der Waals surface area contributed by atoms with Gasteiger partial charge in [-0.3, -0.25) is 4.79 Å². The maximum absolute atomic E-state index is 13.4. The zero-order chi connectivity index (χ0) is 21.9. The van der Waals surface area contributed by atoms with Crippen LogP contribution < -0.4 is 4.74 Å². The number of likely N-dealkylation sites (tertiary alicyclic amines) is 1. The van der Waals surface area contributed by atoms with Gasteiger partial charge in [-0.1, -0.05) is 29.8 Å². The summed E-state index contributed by atoms with van der Waals surface area (Å²) in [5.41, 5.74) is 2.84. The highest BCUT2D eigenvalue weighted by atomic mass is 32.2. The van der Waals surface area contributed by atoms with Crippen LogP contribution in [0.5, 0.6) is 5.75 Å². The van der Waals surface area contributed by atoms with E-state index in [1.165, 1.54) is 23.3 Å². The fourth-order valence-corrected chi connectivity index (χ4v) is 4.55. The van der Waals surface area contributed by atoms with E-state index in [4.69, 9.17) is 4.74 Å². The van der Waals surface area contributed by atoms with E-state index in [-0.39, 0.29) is 16.9 Å². The molecule has 6 heteroatoms. The Labute approximate surface area is 180 Å². The molecule has 30 heavy (non-hydrogen) atoms. The van der Waals surface area contributed by atoms with Crippen molar-refractivity contribution in [2.45, 2.75) is 51.0 Å². The lowest BCUT2D eigenvalue weighted by Crippen LogP contribution is -2.40. The van der Waals surface area contributed by atoms with E-state index in [9.17, 15) is 13.2 Å². The fraction of sp³-hybridized carbons (Fsp3) is 0.458. The van der Waals surface area contributed by atoms with E-state index in [1.807, 2.05) is 18.7 Å². The Morgan fingerprint density at radius 3 is 2.50 bits per heavy atom. The molecular weight excluding hydrogens is 398 g/mol. The second kappa shape index (κ2) is 9.21. The van der Waals surface area contributed by atoms with Gasteiger partial charge in [0.25, 0.3) is 5.91 Å². The second-order valence-corrected chi connectivity index (χ2v) is 10.6. The zero-order valence-corrected chi connectivity index (χ0v) is 19.0. The summed E-state index contributed by atoms with van der Waals surface area (Å²) >= 11 is 0. The molecule has 1 fully saturated rings. The number of piperidine rings is 1. The summed E-state index contributed by atoms with van der Waals surface area (Å²) in [7, 11) is -3.42. The Bertz CT molecular complexity index is 996. The predicted molar refractivity (Wildman–Crippen MR) is 119 cm³/mol. The molecule has 1 amide bonds. The van der Waals surface area contributed by atoms with Crippen molar-refractivity contribution in [1.82, 2.24) is 4.90 Å². The third kappa shape index (κ3) is 5.63. The Morgan fingerprint density at radius 1 is 1.17 bits per heavy atom. The molecule has 1 aliphatic rings. The predicted octanol–water partition coefficient (Wildman–Crippen LogP) is 4.28. The van der Waals surface area contributed by atoms with E-state index >= 15 is 0 Å². The number of carbonyl (C=O) groups is 1. The highest BCUT2D eigenvalue weighted by molar-refractivity contribution is 7.90. The van der Waals surface area contributed by atoms with E-state index in [2.05, 4.69) is 31.2 Å². The lowest BCUT2D eigenvalue weighted by atomic mass is 9.90. The summed E-state index contributed by atoms with van der Waals surface area (Å²) in [5.74, 6) is 0.658. The van der Waals surface area contributed by atoms with Crippen molar-refractivity contribution in [1.29, 1.82) is 0 Å². The lowest BCUT2D eigenvalue weighted by molar-refractivity contribution is 0.0667. The molecule has 1 unspecified atom stereocenters. The second-order valence-electron chi connectivity index (χ2n) is 8.55. The molecule has 2 aromatic carbocycles. The van der Waals surface area contributed by atoms with Crippen LogP contribution in [0.25, 0.3) is 0 Å². The highest BCUT2D eigenvalue weighted by Gasteiger charge is 2.27. The molecule has 0 radical (unpaired) electrons. The van der Waals surface area contributed by atoms with Crippen LogP contribution in [0.15, 0.2) is 47.4 Å². The van der Waals surface area contributed by atoms with Crippen LogP contribution in [0, 0.1) is 12.8 Å². The topological polar surface area (TPSA) is 63.7 Å². The number of nitrogens with zero attached hydrogens (tertiary/aromatic N) is 1. The van der Waals surface area contributed by atoms with Gasteiger partial charge in [0.15, 0.2) is 9.84 Å². The number of sulfone groups is 1. The van der Waals surface area contributed by atoms with Gasteiger partial charge in [-0.05, 0) is 69.7 Å². The van der Waals surface area contributed by atoms with Crippen LogP contribution in [-0.2, 0) is 16.3 Å². The van der Waals surface area contributed by atoms with Crippen LogP contribution in [0.1, 0.15) is 48.2 Å². The first-order valence-electron chi connectivity index (χ1n) is 10.5. The molecule has 0 spiro atoms. The first kappa shape index (κ1) is 22.3. The molecule has 3 rings (SSSR count). The largest absolute Gasteiger partial charge is 0.490 e. The average Bonchev–Trinajstić information content (AvgIpc) is 2.68. The molecule has 0 saturated carbocycles. The SMILES string of the molecule is Cc1ccc(CC2CCCN(C(=O)c3cc(S(C)(=O)=O)ccc3OC(C)C)C2)cc1. The molecule has 2 aromatic rings. The first-order chi connectivity index (χ1) is 14.1. The minimum Gasteiger partial charge on any atom is -0.490 e. The molecule has 1 saturated heterocycles. The summed E-state index contributed by atoms with van der Waals surface area (Å²) in [5, 5.41) is 0. The van der Waals surface area contributed by atoms with Gasteiger partial charge < -0.3 is 9.64 Å². The van der Waals surface area contributed by atoms with Crippen LogP contribution >= 0.6 is 0 Å². The number of amides is 1. The number of ether oxygens (including phenoxy) is 1. The molecule has 0 N–H and O–H groups in total. The van der Waals surface area contributed by atoms with Crippen LogP contribution in [0.2, 0.25) is 0 Å². The minimum atomic E-state index is -3.42. The fourth-order valence-electron chi connectivity index (χ4n) is 3.91. The molecule has 0 bridgehead atoms. The quantitative estimate of drug-likeness (QED) is 0.688. The highest BCUT2D eigenvalue weighted by Crippen LogP contribution is 2.28. The normalized spacial score (nSPS) is 17.2. The van der Waals surface area contributed by atoms with Crippen LogP contribution in [-0.4, -0.2) is 44.7 Å². The zero-order valence-electron chi connectivity index (χ0n) is 18.2. The van der Waals surface area contributed by atoms with Gasteiger partial charge in [-0.15, -0.1) is 0 Å². The summed E-state index contributed by atoms with van der Waals surface area (Å²) in [6.45, 7) is 7.19. The Morgan fingerprint density at radius 2 is 1.87 bits per heavy atom. The van der Waals surface area contributed by atoms with Gasteiger partial charge in [0, 0.05) is 19.3 Å². The third-order valence-electron chi connectivity index (χ3n) is 5.42. The minimum absolute atomic E-state index is 0.115. The maximum Gasteiger partial charge on any atom is 0.257 e. The van der Waals surface area contributed by atoms with Gasteiger partial charge in [0.1, 0.15) is 5.75 Å². The number of aryl methyl sites for hydroxylation is 1. The number of hydrogen-bond acceptors (Lipinski definition) is 4. The summed E-state index contributed by atoms with van der Waals surface area (Å²) in [4.78, 5) is 15.4. The van der Waals surface area contributed by atoms with Crippen molar-refractivity contribution in [3.8, 4) is 5.75 Å². The molecule has 0 aromatic heterocycles. The number of benzene rings is 2. The van der Waals surface area contributed by atoms with Crippen molar-refractivity contribution in [3.63, 3.8) is 0 Å². The van der Waals surface area contributed by atoms with E-state index in [0.29, 0.717) is 30.3 Å². The molecule has 1 heterocycles. The number of carbonyl (C=O) groups excluding carboxylic acids is 1. The third-order valence-corrected chi connectivity index (χ3v) is 6.53. The lowest BCUT2D eigenvalue weighted by Gasteiger charge is -2.33. The van der Waals surface area contributed by atoms with Gasteiger partial charge in [0.2, 0.25) is 0 Å². The molecule has 1 aliphatic heterocycles. The molecule has 1 atom stereocenters. The molecule has 162 valence electrons. The van der Waals surface area contributed by atoms with Crippen molar-refractivity contribution in [3.05, 3.63) is 59.2 Å². The van der Waals surface area contributed by atoms with Crippen LogP contribution in [0.4, 0.5) is 0 Å². The number of hydrogen-bond donors (Lipinski definition) is 0. The molecule has 5 nitrogen and oxygen atoms in total. The molecule has 0 aliphatic carbocycles. The van der Waals surface area contributed by atoms with Crippen molar-refractivity contribution < 1.29 is 17.9 Å². The van der Waals surface area contributed by atoms with Gasteiger partial charge in [-0.25, -0.2) is 8.42 Å². The Hall–Kier alpha value is -2.34. The van der Waals surface area contributed by atoms with Gasteiger partial charge in [0.05, 0.1) is 16.6 Å². The van der Waals surface area contributed by atoms with Gasteiger partial charge in [-0.2, -0.15) is 0 Å². The van der Waals surface area contributed by atoms with E-state index < -0.39 is 9.84 Å². The van der Waals surface area contributed by atoms with E-state index in [1.54, 1.807) is 6.07 Å². The smallest absolute Gasteiger partial charge is 0.257 e. The summed E-state index contributed by atoms with van der Waals surface area (Å²) < 4.78 is 29.9. The number of rotatable bonds is 6. The van der Waals surface area contributed by atoms with Crippen molar-refractivity contribution >= 4 is 15.7 Å². The van der Waals surface area contributed by atoms with Gasteiger partial charge >= 0.3 is 0 Å². The first-order valence-corrected chi connectivity index (χ1v) is 12.4. The standard InChI is InChI=1S/C24H31NO4S/c1-17(2)29-23-12-11-21(30(4,27)28)15-22(23)24(26)25-13-5-6-20(16-25)14-19-9-7-18(3)8-10-19/h7-12,15,17,20H,5-6,13-14,16H2,1-4H3.